The first kappa shape index (κ1) is 17.5. The summed E-state index contributed by atoms with van der Waals surface area (Å²) in [6.45, 7) is 11.5. The Morgan fingerprint density at radius 2 is 1.81 bits per heavy atom. The van der Waals surface area contributed by atoms with Crippen molar-refractivity contribution in [1.82, 2.24) is 0 Å². The number of rotatable bonds is 7. The van der Waals surface area contributed by atoms with E-state index in [2.05, 4.69) is 38.7 Å². The second-order valence-corrected chi connectivity index (χ2v) is 6.08. The molecule has 0 aromatic heterocycles. The van der Waals surface area contributed by atoms with Gasteiger partial charge in [-0.2, -0.15) is 5.26 Å². The molecule has 1 rings (SSSR count). The summed E-state index contributed by atoms with van der Waals surface area (Å²) >= 11 is 0. The summed E-state index contributed by atoms with van der Waals surface area (Å²) < 4.78 is 0. The fraction of sp³-hybridized carbons (Fsp3) is 0.611. The number of anilines is 1. The molecule has 1 aromatic carbocycles. The van der Waals surface area contributed by atoms with E-state index < -0.39 is 6.10 Å². The Kier molecular flexibility index (Phi) is 6.71. The van der Waals surface area contributed by atoms with Crippen LogP contribution in [0.1, 0.15) is 64.7 Å². The zero-order valence-electron chi connectivity index (χ0n) is 13.9. The number of aliphatic hydroxyl groups is 1. The van der Waals surface area contributed by atoms with Crippen molar-refractivity contribution >= 4 is 5.69 Å². The van der Waals surface area contributed by atoms with Crippen LogP contribution in [-0.4, -0.2) is 17.7 Å². The van der Waals surface area contributed by atoms with Gasteiger partial charge in [-0.15, -0.1) is 0 Å². The lowest BCUT2D eigenvalue weighted by Crippen LogP contribution is -2.38. The van der Waals surface area contributed by atoms with Crippen LogP contribution < -0.4 is 4.90 Å². The van der Waals surface area contributed by atoms with Gasteiger partial charge in [0.1, 0.15) is 0 Å². The second kappa shape index (κ2) is 8.05. The molecule has 3 heteroatoms. The molecule has 0 aliphatic carbocycles. The molecule has 0 aliphatic heterocycles. The summed E-state index contributed by atoms with van der Waals surface area (Å²) in [7, 11) is 0. The Bertz CT molecular complexity index is 484. The van der Waals surface area contributed by atoms with Crippen LogP contribution in [0.5, 0.6) is 0 Å². The van der Waals surface area contributed by atoms with Crippen LogP contribution in [0, 0.1) is 17.2 Å². The van der Waals surface area contributed by atoms with Crippen molar-refractivity contribution in [2.75, 3.05) is 11.4 Å². The Hall–Kier alpha value is -1.53. The van der Waals surface area contributed by atoms with Gasteiger partial charge in [-0.25, -0.2) is 0 Å². The van der Waals surface area contributed by atoms with E-state index in [9.17, 15) is 10.4 Å². The van der Waals surface area contributed by atoms with Gasteiger partial charge in [0.25, 0.3) is 0 Å². The van der Waals surface area contributed by atoms with Gasteiger partial charge in [-0.3, -0.25) is 0 Å². The molecular weight excluding hydrogens is 260 g/mol. The molecule has 0 heterocycles. The Labute approximate surface area is 129 Å². The molecule has 0 radical (unpaired) electrons. The molecular formula is C18H28N2O. The minimum absolute atomic E-state index is 0.429. The lowest BCUT2D eigenvalue weighted by Gasteiger charge is -2.36. The standard InChI is InChI=1S/C18H28N2O/c1-6-16(7-2)20(12-13(3)4)18-10-15(11-19)8-9-17(18)14(5)21/h8-10,13-14,16,21H,6-7,12H2,1-5H3/t14-/m1/s1. The van der Waals surface area contributed by atoms with Gasteiger partial charge in [-0.05, 0) is 37.8 Å². The zero-order chi connectivity index (χ0) is 16.0. The first-order valence-corrected chi connectivity index (χ1v) is 7.93. The summed E-state index contributed by atoms with van der Waals surface area (Å²) in [5, 5.41) is 19.2. The van der Waals surface area contributed by atoms with Crippen LogP contribution in [0.25, 0.3) is 0 Å². The average molecular weight is 288 g/mol. The maximum atomic E-state index is 10.1. The Morgan fingerprint density at radius 1 is 1.19 bits per heavy atom. The van der Waals surface area contributed by atoms with E-state index in [1.165, 1.54) is 0 Å². The summed E-state index contributed by atoms with van der Waals surface area (Å²) in [6, 6.07) is 8.22. The Morgan fingerprint density at radius 3 is 2.24 bits per heavy atom. The van der Waals surface area contributed by atoms with Crippen LogP contribution >= 0.6 is 0 Å². The van der Waals surface area contributed by atoms with E-state index >= 15 is 0 Å². The highest BCUT2D eigenvalue weighted by Gasteiger charge is 2.21. The molecule has 0 spiro atoms. The molecule has 0 saturated carbocycles. The molecule has 0 saturated heterocycles. The maximum absolute atomic E-state index is 10.1. The van der Waals surface area contributed by atoms with Crippen LogP contribution in [0.3, 0.4) is 0 Å². The monoisotopic (exact) mass is 288 g/mol. The van der Waals surface area contributed by atoms with Crippen LogP contribution in [-0.2, 0) is 0 Å². The molecule has 0 fully saturated rings. The zero-order valence-corrected chi connectivity index (χ0v) is 13.9. The fourth-order valence-corrected chi connectivity index (χ4v) is 2.78. The number of hydrogen-bond acceptors (Lipinski definition) is 3. The molecule has 0 bridgehead atoms. The lowest BCUT2D eigenvalue weighted by atomic mass is 10.00. The third-order valence-electron chi connectivity index (χ3n) is 3.86. The van der Waals surface area contributed by atoms with Crippen molar-refractivity contribution in [3.63, 3.8) is 0 Å². The second-order valence-electron chi connectivity index (χ2n) is 6.08. The molecule has 0 aliphatic rings. The molecule has 116 valence electrons. The molecule has 0 amide bonds. The highest BCUT2D eigenvalue weighted by atomic mass is 16.3. The SMILES string of the molecule is CCC(CC)N(CC(C)C)c1cc(C#N)ccc1[C@@H](C)O. The smallest absolute Gasteiger partial charge is 0.0992 e. The van der Waals surface area contributed by atoms with Crippen molar-refractivity contribution in [2.45, 2.75) is 59.6 Å². The lowest BCUT2D eigenvalue weighted by molar-refractivity contribution is 0.199. The Balaban J connectivity index is 3.36. The van der Waals surface area contributed by atoms with E-state index in [-0.39, 0.29) is 0 Å². The fourth-order valence-electron chi connectivity index (χ4n) is 2.78. The van der Waals surface area contributed by atoms with Crippen molar-refractivity contribution in [1.29, 1.82) is 5.26 Å². The van der Waals surface area contributed by atoms with Crippen LogP contribution in [0.4, 0.5) is 5.69 Å². The minimum Gasteiger partial charge on any atom is -0.389 e. The minimum atomic E-state index is -0.531. The predicted octanol–water partition coefficient (Wildman–Crippen LogP) is 4.26. The highest BCUT2D eigenvalue weighted by molar-refractivity contribution is 5.59. The first-order valence-electron chi connectivity index (χ1n) is 7.93. The molecule has 1 atom stereocenters. The third-order valence-corrected chi connectivity index (χ3v) is 3.86. The summed E-state index contributed by atoms with van der Waals surface area (Å²) in [5.41, 5.74) is 2.56. The molecule has 1 aromatic rings. The molecule has 1 N–H and O–H groups in total. The van der Waals surface area contributed by atoms with Crippen molar-refractivity contribution in [3.05, 3.63) is 29.3 Å². The van der Waals surface area contributed by atoms with Gasteiger partial charge in [0.15, 0.2) is 0 Å². The summed E-state index contributed by atoms with van der Waals surface area (Å²) in [4.78, 5) is 2.37. The largest absolute Gasteiger partial charge is 0.389 e. The number of hydrogen-bond donors (Lipinski definition) is 1. The normalized spacial score (nSPS) is 12.5. The van der Waals surface area contributed by atoms with Gasteiger partial charge in [0.2, 0.25) is 0 Å². The third kappa shape index (κ3) is 4.47. The van der Waals surface area contributed by atoms with Crippen LogP contribution in [0.2, 0.25) is 0 Å². The summed E-state index contributed by atoms with van der Waals surface area (Å²) in [5.74, 6) is 0.526. The van der Waals surface area contributed by atoms with E-state index in [4.69, 9.17) is 0 Å². The van der Waals surface area contributed by atoms with Crippen molar-refractivity contribution < 1.29 is 5.11 Å². The molecule has 21 heavy (non-hydrogen) atoms. The number of aliphatic hydroxyl groups excluding tert-OH is 1. The van der Waals surface area contributed by atoms with E-state index in [0.717, 1.165) is 30.6 Å². The highest BCUT2D eigenvalue weighted by Crippen LogP contribution is 2.31. The van der Waals surface area contributed by atoms with Crippen molar-refractivity contribution in [3.8, 4) is 6.07 Å². The average Bonchev–Trinajstić information content (AvgIpc) is 2.46. The number of nitriles is 1. The van der Waals surface area contributed by atoms with Crippen LogP contribution in [0.15, 0.2) is 18.2 Å². The van der Waals surface area contributed by atoms with E-state index in [0.29, 0.717) is 17.5 Å². The van der Waals surface area contributed by atoms with E-state index in [1.54, 1.807) is 13.0 Å². The van der Waals surface area contributed by atoms with E-state index in [1.807, 2.05) is 12.1 Å². The van der Waals surface area contributed by atoms with Crippen molar-refractivity contribution in [2.24, 2.45) is 5.92 Å². The topological polar surface area (TPSA) is 47.3 Å². The predicted molar refractivity (Wildman–Crippen MR) is 88.3 cm³/mol. The number of nitrogens with zero attached hydrogens (tertiary/aromatic N) is 2. The molecule has 0 unspecified atom stereocenters. The van der Waals surface area contributed by atoms with Gasteiger partial charge < -0.3 is 10.0 Å². The first-order chi connectivity index (χ1) is 9.94. The van der Waals surface area contributed by atoms with Gasteiger partial charge in [0.05, 0.1) is 17.7 Å². The van der Waals surface area contributed by atoms with Gasteiger partial charge >= 0.3 is 0 Å². The molecule has 3 nitrogen and oxygen atoms in total. The quantitative estimate of drug-likeness (QED) is 0.815. The van der Waals surface area contributed by atoms with Gasteiger partial charge in [-0.1, -0.05) is 33.8 Å². The summed E-state index contributed by atoms with van der Waals surface area (Å²) in [6.07, 6.45) is 1.58. The van der Waals surface area contributed by atoms with Gasteiger partial charge in [0, 0.05) is 23.8 Å². The maximum Gasteiger partial charge on any atom is 0.0992 e. The number of benzene rings is 1.